The lowest BCUT2D eigenvalue weighted by Crippen LogP contribution is -2.15. The number of amides is 2. The number of nitrogens with one attached hydrogen (secondary N) is 1. The predicted molar refractivity (Wildman–Crippen MR) is 94.5 cm³/mol. The molecule has 0 unspecified atom stereocenters. The van der Waals surface area contributed by atoms with Gasteiger partial charge in [-0.15, -0.1) is 11.3 Å². The van der Waals surface area contributed by atoms with Crippen LogP contribution >= 0.6 is 11.3 Å². The van der Waals surface area contributed by atoms with E-state index in [0.29, 0.717) is 16.9 Å². The fraction of sp³-hybridized carbons (Fsp3) is 0.235. The van der Waals surface area contributed by atoms with E-state index < -0.39 is 17.8 Å². The van der Waals surface area contributed by atoms with E-state index in [1.54, 1.807) is 38.1 Å². The normalized spacial score (nSPS) is 10.2. The Morgan fingerprint density at radius 2 is 2.00 bits per heavy atom. The summed E-state index contributed by atoms with van der Waals surface area (Å²) in [4.78, 5) is 36.4. The van der Waals surface area contributed by atoms with Crippen molar-refractivity contribution in [3.05, 3.63) is 45.8 Å². The maximum Gasteiger partial charge on any atom is 0.341 e. The molecule has 0 fully saturated rings. The molecule has 3 N–H and O–H groups in total. The maximum absolute atomic E-state index is 12.5. The molecule has 8 heteroatoms. The van der Waals surface area contributed by atoms with E-state index in [9.17, 15) is 14.4 Å². The van der Waals surface area contributed by atoms with Crippen LogP contribution in [-0.4, -0.2) is 31.5 Å². The zero-order chi connectivity index (χ0) is 18.6. The van der Waals surface area contributed by atoms with Gasteiger partial charge in [0.25, 0.3) is 11.8 Å². The van der Waals surface area contributed by atoms with Gasteiger partial charge in [-0.1, -0.05) is 6.07 Å². The molecule has 25 heavy (non-hydrogen) atoms. The molecule has 2 amide bonds. The summed E-state index contributed by atoms with van der Waals surface area (Å²) in [5.74, 6) is -1.21. The second-order valence-electron chi connectivity index (χ2n) is 5.03. The van der Waals surface area contributed by atoms with Gasteiger partial charge in [0.1, 0.15) is 10.8 Å². The van der Waals surface area contributed by atoms with Gasteiger partial charge in [-0.25, -0.2) is 4.79 Å². The first-order valence-corrected chi connectivity index (χ1v) is 8.26. The Kier molecular flexibility index (Phi) is 5.76. The topological polar surface area (TPSA) is 108 Å². The Hall–Kier alpha value is -2.87. The molecule has 1 aromatic carbocycles. The molecule has 0 aliphatic rings. The Bertz CT molecular complexity index is 828. The highest BCUT2D eigenvalue weighted by atomic mass is 32.1. The summed E-state index contributed by atoms with van der Waals surface area (Å²) in [5.41, 5.74) is 6.21. The molecule has 0 atom stereocenters. The highest BCUT2D eigenvalue weighted by Crippen LogP contribution is 2.34. The lowest BCUT2D eigenvalue weighted by molar-refractivity contribution is 0.0527. The lowest BCUT2D eigenvalue weighted by Gasteiger charge is -2.08. The number of hydrogen-bond donors (Lipinski definition) is 2. The number of carbonyl (C=O) groups is 3. The Morgan fingerprint density at radius 1 is 1.28 bits per heavy atom. The predicted octanol–water partition coefficient (Wildman–Crippen LogP) is 2.59. The molecular formula is C17H18N2O5S. The first-order valence-electron chi connectivity index (χ1n) is 7.44. The number of esters is 1. The van der Waals surface area contributed by atoms with Crippen molar-refractivity contribution in [2.24, 2.45) is 5.73 Å². The van der Waals surface area contributed by atoms with E-state index in [4.69, 9.17) is 15.2 Å². The maximum atomic E-state index is 12.5. The van der Waals surface area contributed by atoms with Crippen LogP contribution in [0.2, 0.25) is 0 Å². The molecule has 7 nitrogen and oxygen atoms in total. The minimum atomic E-state index is -0.671. The molecule has 0 bridgehead atoms. The third-order valence-electron chi connectivity index (χ3n) is 3.41. The van der Waals surface area contributed by atoms with Gasteiger partial charge in [0.2, 0.25) is 0 Å². The first kappa shape index (κ1) is 18.5. The summed E-state index contributed by atoms with van der Waals surface area (Å²) < 4.78 is 10.1. The van der Waals surface area contributed by atoms with Crippen LogP contribution in [0.15, 0.2) is 24.3 Å². The minimum Gasteiger partial charge on any atom is -0.497 e. The number of anilines is 1. The van der Waals surface area contributed by atoms with Crippen LogP contribution in [0.25, 0.3) is 0 Å². The quantitative estimate of drug-likeness (QED) is 0.768. The zero-order valence-electron chi connectivity index (χ0n) is 14.0. The molecule has 0 aliphatic heterocycles. The van der Waals surface area contributed by atoms with Gasteiger partial charge >= 0.3 is 5.97 Å². The van der Waals surface area contributed by atoms with Gasteiger partial charge in [-0.05, 0) is 37.6 Å². The fourth-order valence-corrected chi connectivity index (χ4v) is 3.27. The summed E-state index contributed by atoms with van der Waals surface area (Å²) in [6, 6.07) is 6.56. The fourth-order valence-electron chi connectivity index (χ4n) is 2.23. The highest BCUT2D eigenvalue weighted by molar-refractivity contribution is 7.18. The monoisotopic (exact) mass is 362 g/mol. The summed E-state index contributed by atoms with van der Waals surface area (Å²) in [6.07, 6.45) is 0. The summed E-state index contributed by atoms with van der Waals surface area (Å²) >= 11 is 0.943. The largest absolute Gasteiger partial charge is 0.497 e. The second-order valence-corrected chi connectivity index (χ2v) is 6.05. The van der Waals surface area contributed by atoms with Gasteiger partial charge in [0.05, 0.1) is 24.2 Å². The standard InChI is InChI=1S/C17H18N2O5S/c1-4-24-17(22)12-9(2)13(14(18)20)25-16(12)19-15(21)10-6-5-7-11(8-10)23-3/h5-8H,4H2,1-3H3,(H2,18,20)(H,19,21). The Balaban J connectivity index is 2.40. The molecular weight excluding hydrogens is 344 g/mol. The van der Waals surface area contributed by atoms with Crippen molar-refractivity contribution in [1.29, 1.82) is 0 Å². The smallest absolute Gasteiger partial charge is 0.341 e. The van der Waals surface area contributed by atoms with Crippen LogP contribution in [0.4, 0.5) is 5.00 Å². The molecule has 1 heterocycles. The van der Waals surface area contributed by atoms with Gasteiger partial charge in [0.15, 0.2) is 0 Å². The van der Waals surface area contributed by atoms with Gasteiger partial charge in [0, 0.05) is 5.56 Å². The van der Waals surface area contributed by atoms with E-state index >= 15 is 0 Å². The average Bonchev–Trinajstić information content (AvgIpc) is 2.91. The third-order valence-corrected chi connectivity index (χ3v) is 4.63. The molecule has 0 aliphatic carbocycles. The average molecular weight is 362 g/mol. The summed E-state index contributed by atoms with van der Waals surface area (Å²) in [5, 5.41) is 2.87. The number of nitrogens with two attached hydrogens (primary N) is 1. The second kappa shape index (κ2) is 7.80. The van der Waals surface area contributed by atoms with Crippen molar-refractivity contribution in [2.45, 2.75) is 13.8 Å². The molecule has 0 spiro atoms. The zero-order valence-corrected chi connectivity index (χ0v) is 14.9. The van der Waals surface area contributed by atoms with Gasteiger partial charge in [-0.3, -0.25) is 9.59 Å². The number of thiophene rings is 1. The number of carbonyl (C=O) groups excluding carboxylic acids is 3. The highest BCUT2D eigenvalue weighted by Gasteiger charge is 2.26. The number of hydrogen-bond acceptors (Lipinski definition) is 6. The van der Waals surface area contributed by atoms with Gasteiger partial charge < -0.3 is 20.5 Å². The molecule has 0 saturated carbocycles. The van der Waals surface area contributed by atoms with E-state index in [0.717, 1.165) is 11.3 Å². The number of methoxy groups -OCH3 is 1. The number of primary amides is 1. The van der Waals surface area contributed by atoms with Crippen LogP contribution in [-0.2, 0) is 4.74 Å². The number of rotatable bonds is 6. The SMILES string of the molecule is CCOC(=O)c1c(NC(=O)c2cccc(OC)c2)sc(C(N)=O)c1C. The molecule has 132 valence electrons. The third kappa shape index (κ3) is 3.97. The van der Waals surface area contributed by atoms with Crippen LogP contribution in [0, 0.1) is 6.92 Å². The Labute approximate surface area is 148 Å². The van der Waals surface area contributed by atoms with E-state index in [1.165, 1.54) is 7.11 Å². The molecule has 2 rings (SSSR count). The van der Waals surface area contributed by atoms with Crippen molar-refractivity contribution in [1.82, 2.24) is 0 Å². The molecule has 2 aromatic rings. The lowest BCUT2D eigenvalue weighted by atomic mass is 10.1. The van der Waals surface area contributed by atoms with Crippen LogP contribution in [0.3, 0.4) is 0 Å². The van der Waals surface area contributed by atoms with Gasteiger partial charge in [-0.2, -0.15) is 0 Å². The van der Waals surface area contributed by atoms with Crippen molar-refractivity contribution in [2.75, 3.05) is 19.0 Å². The van der Waals surface area contributed by atoms with E-state index in [-0.39, 0.29) is 22.0 Å². The molecule has 1 aromatic heterocycles. The van der Waals surface area contributed by atoms with E-state index in [2.05, 4.69) is 5.32 Å². The first-order chi connectivity index (χ1) is 11.9. The summed E-state index contributed by atoms with van der Waals surface area (Å²) in [6.45, 7) is 3.43. The van der Waals surface area contributed by atoms with Crippen molar-refractivity contribution >= 4 is 34.1 Å². The van der Waals surface area contributed by atoms with Crippen molar-refractivity contribution in [3.8, 4) is 5.75 Å². The van der Waals surface area contributed by atoms with Crippen LogP contribution < -0.4 is 15.8 Å². The Morgan fingerprint density at radius 3 is 2.60 bits per heavy atom. The number of benzene rings is 1. The summed E-state index contributed by atoms with van der Waals surface area (Å²) in [7, 11) is 1.50. The van der Waals surface area contributed by atoms with Crippen molar-refractivity contribution < 1.29 is 23.9 Å². The van der Waals surface area contributed by atoms with Crippen LogP contribution in [0.5, 0.6) is 5.75 Å². The molecule has 0 saturated heterocycles. The van der Waals surface area contributed by atoms with E-state index in [1.807, 2.05) is 0 Å². The van der Waals surface area contributed by atoms with Crippen LogP contribution in [0.1, 0.15) is 42.9 Å². The minimum absolute atomic E-state index is 0.136. The molecule has 0 radical (unpaired) electrons. The number of ether oxygens (including phenoxy) is 2. The van der Waals surface area contributed by atoms with Crippen molar-refractivity contribution in [3.63, 3.8) is 0 Å².